The van der Waals surface area contributed by atoms with Crippen molar-refractivity contribution < 1.29 is 19.4 Å². The van der Waals surface area contributed by atoms with Gasteiger partial charge in [0.15, 0.2) is 5.17 Å². The van der Waals surface area contributed by atoms with Crippen LogP contribution in [0.3, 0.4) is 0 Å². The molecule has 0 bridgehead atoms. The van der Waals surface area contributed by atoms with Crippen LogP contribution in [0.4, 0.5) is 5.69 Å². The highest BCUT2D eigenvalue weighted by atomic mass is 32.2. The van der Waals surface area contributed by atoms with E-state index in [-0.39, 0.29) is 11.7 Å². The van der Waals surface area contributed by atoms with Gasteiger partial charge in [0.2, 0.25) is 0 Å². The number of thioether (sulfide) groups is 1. The van der Waals surface area contributed by atoms with Crippen LogP contribution >= 0.6 is 11.8 Å². The number of hydrogen-bond acceptors (Lipinski definition) is 6. The number of aromatic hydroxyl groups is 1. The van der Waals surface area contributed by atoms with Gasteiger partial charge in [-0.15, -0.1) is 0 Å². The number of benzene rings is 2. The largest absolute Gasteiger partial charge is 0.508 e. The Bertz CT molecular complexity index is 919. The molecule has 0 aromatic heterocycles. The molecular weight excluding hydrogens is 352 g/mol. The predicted molar refractivity (Wildman–Crippen MR) is 101 cm³/mol. The second-order valence-corrected chi connectivity index (χ2v) is 6.51. The summed E-state index contributed by atoms with van der Waals surface area (Å²) in [6.07, 6.45) is 1.75. The van der Waals surface area contributed by atoms with Crippen LogP contribution < -0.4 is 0 Å². The van der Waals surface area contributed by atoms with Crippen LogP contribution in [-0.2, 0) is 9.53 Å². The number of hydrogen-bond donors (Lipinski definition) is 1. The van der Waals surface area contributed by atoms with E-state index >= 15 is 0 Å². The third-order valence-corrected chi connectivity index (χ3v) is 4.75. The standard InChI is InChI=1S/C19H16N2O4S/c1-21-17(23)16(10-12-6-8-13(9-7-12)18(24)25-2)26-19(21)20-14-4-3-5-15(22)11-14/h3-11,22H,1-2H3/b16-10-,20-19?. The number of nitrogens with zero attached hydrogens (tertiary/aromatic N) is 2. The van der Waals surface area contributed by atoms with Gasteiger partial charge in [-0.3, -0.25) is 9.69 Å². The molecule has 7 heteroatoms. The van der Waals surface area contributed by atoms with Crippen LogP contribution in [-0.4, -0.2) is 41.2 Å². The quantitative estimate of drug-likeness (QED) is 0.663. The van der Waals surface area contributed by atoms with Crippen molar-refractivity contribution in [2.45, 2.75) is 0 Å². The van der Waals surface area contributed by atoms with E-state index in [0.717, 1.165) is 5.56 Å². The first-order valence-corrected chi connectivity index (χ1v) is 8.53. The van der Waals surface area contributed by atoms with E-state index in [1.165, 1.54) is 29.8 Å². The summed E-state index contributed by atoms with van der Waals surface area (Å²) < 4.78 is 4.67. The number of phenolic OH excluding ortho intramolecular Hbond substituents is 1. The van der Waals surface area contributed by atoms with Gasteiger partial charge in [-0.2, -0.15) is 0 Å². The van der Waals surface area contributed by atoms with E-state index < -0.39 is 5.97 Å². The lowest BCUT2D eigenvalue weighted by molar-refractivity contribution is -0.121. The van der Waals surface area contributed by atoms with Gasteiger partial charge in [0.1, 0.15) is 5.75 Å². The molecule has 26 heavy (non-hydrogen) atoms. The number of carbonyl (C=O) groups excluding carboxylic acids is 2. The maximum absolute atomic E-state index is 12.4. The van der Waals surface area contributed by atoms with Gasteiger partial charge in [-0.1, -0.05) is 18.2 Å². The van der Waals surface area contributed by atoms with E-state index in [0.29, 0.717) is 21.3 Å². The van der Waals surface area contributed by atoms with Crippen LogP contribution in [0.2, 0.25) is 0 Å². The summed E-state index contributed by atoms with van der Waals surface area (Å²) in [6, 6.07) is 13.3. The first-order valence-electron chi connectivity index (χ1n) is 7.71. The molecule has 6 nitrogen and oxygen atoms in total. The van der Waals surface area contributed by atoms with Gasteiger partial charge in [0.25, 0.3) is 5.91 Å². The third-order valence-electron chi connectivity index (χ3n) is 3.69. The Kier molecular flexibility index (Phi) is 5.09. The Hall–Kier alpha value is -3.06. The Morgan fingerprint density at radius 3 is 2.62 bits per heavy atom. The minimum absolute atomic E-state index is 0.116. The zero-order chi connectivity index (χ0) is 18.7. The van der Waals surface area contributed by atoms with Crippen molar-refractivity contribution in [1.29, 1.82) is 0 Å². The summed E-state index contributed by atoms with van der Waals surface area (Å²) in [5.41, 5.74) is 1.81. The molecule has 3 rings (SSSR count). The molecule has 1 N–H and O–H groups in total. The second kappa shape index (κ2) is 7.45. The Labute approximate surface area is 154 Å². The number of esters is 1. The summed E-state index contributed by atoms with van der Waals surface area (Å²) in [5, 5.41) is 10.1. The molecule has 1 aliphatic heterocycles. The number of rotatable bonds is 3. The zero-order valence-electron chi connectivity index (χ0n) is 14.2. The lowest BCUT2D eigenvalue weighted by Gasteiger charge is -2.07. The molecule has 0 radical (unpaired) electrons. The Balaban J connectivity index is 1.84. The molecule has 0 saturated carbocycles. The van der Waals surface area contributed by atoms with Crippen molar-refractivity contribution >= 4 is 40.6 Å². The normalized spacial score (nSPS) is 17.2. The predicted octanol–water partition coefficient (Wildman–Crippen LogP) is 3.41. The van der Waals surface area contributed by atoms with Crippen LogP contribution in [0.25, 0.3) is 6.08 Å². The minimum Gasteiger partial charge on any atom is -0.508 e. The lowest BCUT2D eigenvalue weighted by atomic mass is 10.1. The number of amidine groups is 1. The van der Waals surface area contributed by atoms with E-state index in [4.69, 9.17) is 0 Å². The summed E-state index contributed by atoms with van der Waals surface area (Å²) in [4.78, 5) is 30.3. The average Bonchev–Trinajstić information content (AvgIpc) is 2.89. The van der Waals surface area contributed by atoms with Crippen molar-refractivity contribution in [2.24, 2.45) is 4.99 Å². The van der Waals surface area contributed by atoms with E-state index in [2.05, 4.69) is 9.73 Å². The molecule has 1 amide bonds. The highest BCUT2D eigenvalue weighted by Gasteiger charge is 2.30. The van der Waals surface area contributed by atoms with E-state index in [1.807, 2.05) is 0 Å². The molecule has 0 atom stereocenters. The number of likely N-dealkylation sites (N-methyl/N-ethyl adjacent to an activating group) is 1. The van der Waals surface area contributed by atoms with Crippen LogP contribution in [0, 0.1) is 0 Å². The maximum Gasteiger partial charge on any atom is 0.337 e. The molecule has 0 aliphatic carbocycles. The SMILES string of the molecule is COC(=O)c1ccc(/C=C2\SC(=Nc3cccc(O)c3)N(C)C2=O)cc1. The Morgan fingerprint density at radius 2 is 1.96 bits per heavy atom. The van der Waals surface area contributed by atoms with Gasteiger partial charge < -0.3 is 9.84 Å². The molecule has 0 spiro atoms. The monoisotopic (exact) mass is 368 g/mol. The summed E-state index contributed by atoms with van der Waals surface area (Å²) in [6.45, 7) is 0. The van der Waals surface area contributed by atoms with Gasteiger partial charge in [0.05, 0.1) is 23.3 Å². The number of amides is 1. The number of carbonyl (C=O) groups is 2. The maximum atomic E-state index is 12.4. The van der Waals surface area contributed by atoms with Crippen molar-refractivity contribution in [2.75, 3.05) is 14.2 Å². The second-order valence-electron chi connectivity index (χ2n) is 5.50. The van der Waals surface area contributed by atoms with Crippen LogP contribution in [0.5, 0.6) is 5.75 Å². The summed E-state index contributed by atoms with van der Waals surface area (Å²) in [5.74, 6) is -0.452. The number of methoxy groups -OCH3 is 1. The molecule has 132 valence electrons. The molecule has 2 aromatic rings. The highest BCUT2D eigenvalue weighted by molar-refractivity contribution is 8.18. The average molecular weight is 368 g/mol. The topological polar surface area (TPSA) is 79.2 Å². The molecule has 0 unspecified atom stereocenters. The molecule has 2 aromatic carbocycles. The Morgan fingerprint density at radius 1 is 1.23 bits per heavy atom. The zero-order valence-corrected chi connectivity index (χ0v) is 15.0. The van der Waals surface area contributed by atoms with Crippen molar-refractivity contribution in [3.05, 3.63) is 64.6 Å². The lowest BCUT2D eigenvalue weighted by Crippen LogP contribution is -2.23. The first-order chi connectivity index (χ1) is 12.5. The van der Waals surface area contributed by atoms with Crippen molar-refractivity contribution in [3.63, 3.8) is 0 Å². The van der Waals surface area contributed by atoms with Gasteiger partial charge in [0, 0.05) is 13.1 Å². The van der Waals surface area contributed by atoms with Crippen molar-refractivity contribution in [1.82, 2.24) is 4.90 Å². The summed E-state index contributed by atoms with van der Waals surface area (Å²) >= 11 is 1.25. The fraction of sp³-hybridized carbons (Fsp3) is 0.105. The molecule has 1 saturated heterocycles. The molecule has 1 aliphatic rings. The number of aliphatic imine (C=N–C) groups is 1. The number of phenols is 1. The molecule has 1 heterocycles. The smallest absolute Gasteiger partial charge is 0.337 e. The van der Waals surface area contributed by atoms with Gasteiger partial charge in [-0.25, -0.2) is 9.79 Å². The fourth-order valence-corrected chi connectivity index (χ4v) is 3.30. The fourth-order valence-electron chi connectivity index (χ4n) is 2.31. The number of ether oxygens (including phenoxy) is 1. The minimum atomic E-state index is -0.407. The van der Waals surface area contributed by atoms with E-state index in [9.17, 15) is 14.7 Å². The molecule has 1 fully saturated rings. The molecular formula is C19H16N2O4S. The van der Waals surface area contributed by atoms with Crippen LogP contribution in [0.1, 0.15) is 15.9 Å². The summed E-state index contributed by atoms with van der Waals surface area (Å²) in [7, 11) is 2.98. The highest BCUT2D eigenvalue weighted by Crippen LogP contribution is 2.33. The third kappa shape index (κ3) is 3.78. The van der Waals surface area contributed by atoms with Crippen molar-refractivity contribution in [3.8, 4) is 5.75 Å². The van der Waals surface area contributed by atoms with E-state index in [1.54, 1.807) is 55.6 Å². The van der Waals surface area contributed by atoms with Gasteiger partial charge >= 0.3 is 5.97 Å². The first kappa shape index (κ1) is 17.8. The van der Waals surface area contributed by atoms with Crippen LogP contribution in [0.15, 0.2) is 58.4 Å². The van der Waals surface area contributed by atoms with Gasteiger partial charge in [-0.05, 0) is 47.7 Å².